The number of amides is 3. The lowest BCUT2D eigenvalue weighted by molar-refractivity contribution is 0.00852. The number of benzene rings is 1. The van der Waals surface area contributed by atoms with Crippen LogP contribution in [0.3, 0.4) is 0 Å². The summed E-state index contributed by atoms with van der Waals surface area (Å²) in [5.41, 5.74) is 0.654. The Balaban J connectivity index is 1.28. The number of nitrogens with zero attached hydrogens (tertiary/aromatic N) is 1. The van der Waals surface area contributed by atoms with Gasteiger partial charge in [-0.05, 0) is 12.1 Å². The SMILES string of the molecule is O=C(Nc1ccccc1)OC1COC2C(NC(=O)N3CCOCC3)COC12. The second kappa shape index (κ2) is 8.12. The maximum absolute atomic E-state index is 12.4. The number of nitrogens with one attached hydrogen (secondary N) is 2. The van der Waals surface area contributed by atoms with Crippen molar-refractivity contribution in [2.24, 2.45) is 0 Å². The van der Waals surface area contributed by atoms with Gasteiger partial charge in [0, 0.05) is 18.8 Å². The summed E-state index contributed by atoms with van der Waals surface area (Å²) < 4.78 is 22.2. The van der Waals surface area contributed by atoms with Gasteiger partial charge in [-0.2, -0.15) is 0 Å². The van der Waals surface area contributed by atoms with Crippen LogP contribution in [0.2, 0.25) is 0 Å². The highest BCUT2D eigenvalue weighted by Crippen LogP contribution is 2.29. The molecule has 3 amide bonds. The van der Waals surface area contributed by atoms with E-state index in [1.807, 2.05) is 18.2 Å². The van der Waals surface area contributed by atoms with Crippen molar-refractivity contribution in [3.8, 4) is 0 Å². The van der Waals surface area contributed by atoms with Gasteiger partial charge in [0.25, 0.3) is 0 Å². The average molecular weight is 377 g/mol. The van der Waals surface area contributed by atoms with Crippen molar-refractivity contribution in [2.75, 3.05) is 44.8 Å². The number of rotatable bonds is 3. The molecule has 1 aromatic carbocycles. The van der Waals surface area contributed by atoms with Crippen molar-refractivity contribution < 1.29 is 28.5 Å². The summed E-state index contributed by atoms with van der Waals surface area (Å²) in [7, 11) is 0. The molecular formula is C18H23N3O6. The van der Waals surface area contributed by atoms with Crippen LogP contribution in [0.15, 0.2) is 30.3 Å². The van der Waals surface area contributed by atoms with Gasteiger partial charge >= 0.3 is 12.1 Å². The van der Waals surface area contributed by atoms with E-state index in [4.69, 9.17) is 18.9 Å². The normalized spacial score (nSPS) is 29.9. The maximum Gasteiger partial charge on any atom is 0.412 e. The van der Waals surface area contributed by atoms with Gasteiger partial charge in [0.15, 0.2) is 6.10 Å². The lowest BCUT2D eigenvalue weighted by Crippen LogP contribution is -2.52. The van der Waals surface area contributed by atoms with Crippen LogP contribution in [-0.4, -0.2) is 80.9 Å². The first kappa shape index (κ1) is 18.0. The van der Waals surface area contributed by atoms with E-state index >= 15 is 0 Å². The maximum atomic E-state index is 12.4. The van der Waals surface area contributed by atoms with Crippen LogP contribution in [0.4, 0.5) is 15.3 Å². The van der Waals surface area contributed by atoms with Crippen LogP contribution in [0.1, 0.15) is 0 Å². The van der Waals surface area contributed by atoms with Crippen molar-refractivity contribution in [1.82, 2.24) is 10.2 Å². The topological polar surface area (TPSA) is 98.4 Å². The molecule has 146 valence electrons. The van der Waals surface area contributed by atoms with Crippen molar-refractivity contribution >= 4 is 17.8 Å². The van der Waals surface area contributed by atoms with Gasteiger partial charge < -0.3 is 29.2 Å². The van der Waals surface area contributed by atoms with E-state index in [0.29, 0.717) is 38.6 Å². The van der Waals surface area contributed by atoms with Crippen molar-refractivity contribution in [3.05, 3.63) is 30.3 Å². The molecule has 27 heavy (non-hydrogen) atoms. The number of carbonyl (C=O) groups excluding carboxylic acids is 2. The zero-order valence-electron chi connectivity index (χ0n) is 14.8. The Hall–Kier alpha value is -2.36. The smallest absolute Gasteiger partial charge is 0.412 e. The zero-order valence-corrected chi connectivity index (χ0v) is 14.8. The third-order valence-corrected chi connectivity index (χ3v) is 4.89. The minimum atomic E-state index is -0.556. The van der Waals surface area contributed by atoms with Crippen molar-refractivity contribution in [1.29, 1.82) is 0 Å². The number of ether oxygens (including phenoxy) is 4. The fourth-order valence-corrected chi connectivity index (χ4v) is 3.51. The molecule has 9 heteroatoms. The van der Waals surface area contributed by atoms with Gasteiger partial charge in [0.1, 0.15) is 12.2 Å². The molecule has 3 aliphatic heterocycles. The summed E-state index contributed by atoms with van der Waals surface area (Å²) in [5, 5.41) is 5.63. The Morgan fingerprint density at radius 3 is 2.56 bits per heavy atom. The number of fused-ring (bicyclic) bond motifs is 1. The first-order valence-electron chi connectivity index (χ1n) is 9.10. The van der Waals surface area contributed by atoms with Crippen molar-refractivity contribution in [3.63, 3.8) is 0 Å². The molecule has 0 saturated carbocycles. The zero-order chi connectivity index (χ0) is 18.6. The number of carbonyl (C=O) groups is 2. The van der Waals surface area contributed by atoms with Crippen LogP contribution in [0.5, 0.6) is 0 Å². The van der Waals surface area contributed by atoms with Gasteiger partial charge in [-0.25, -0.2) is 9.59 Å². The molecule has 4 atom stereocenters. The minimum absolute atomic E-state index is 0.151. The molecule has 3 aliphatic rings. The fraction of sp³-hybridized carbons (Fsp3) is 0.556. The number of hydrogen-bond donors (Lipinski definition) is 2. The van der Waals surface area contributed by atoms with E-state index in [0.717, 1.165) is 0 Å². The second-order valence-electron chi connectivity index (χ2n) is 6.69. The number of anilines is 1. The Morgan fingerprint density at radius 2 is 1.78 bits per heavy atom. The minimum Gasteiger partial charge on any atom is -0.441 e. The molecular weight excluding hydrogens is 354 g/mol. The Bertz CT molecular complexity index is 666. The predicted molar refractivity (Wildman–Crippen MR) is 94.5 cm³/mol. The molecule has 3 saturated heterocycles. The first-order chi connectivity index (χ1) is 13.2. The molecule has 0 bridgehead atoms. The van der Waals surface area contributed by atoms with Gasteiger partial charge in [-0.3, -0.25) is 5.32 Å². The Labute approximate surface area is 156 Å². The molecule has 0 radical (unpaired) electrons. The summed E-state index contributed by atoms with van der Waals surface area (Å²) >= 11 is 0. The largest absolute Gasteiger partial charge is 0.441 e. The summed E-state index contributed by atoms with van der Waals surface area (Å²) in [4.78, 5) is 26.2. The number of para-hydroxylation sites is 1. The predicted octanol–water partition coefficient (Wildman–Crippen LogP) is 0.812. The summed E-state index contributed by atoms with van der Waals surface area (Å²) in [6, 6.07) is 8.65. The van der Waals surface area contributed by atoms with Crippen LogP contribution >= 0.6 is 0 Å². The van der Waals surface area contributed by atoms with E-state index in [2.05, 4.69) is 10.6 Å². The molecule has 2 N–H and O–H groups in total. The summed E-state index contributed by atoms with van der Waals surface area (Å²) in [6.45, 7) is 2.79. The second-order valence-corrected chi connectivity index (χ2v) is 6.69. The lowest BCUT2D eigenvalue weighted by Gasteiger charge is -2.29. The molecule has 3 heterocycles. The van der Waals surface area contributed by atoms with E-state index in [1.54, 1.807) is 17.0 Å². The third-order valence-electron chi connectivity index (χ3n) is 4.89. The highest BCUT2D eigenvalue weighted by molar-refractivity contribution is 5.84. The lowest BCUT2D eigenvalue weighted by atomic mass is 10.1. The molecule has 0 aromatic heterocycles. The highest BCUT2D eigenvalue weighted by Gasteiger charge is 2.50. The van der Waals surface area contributed by atoms with Gasteiger partial charge in [0.05, 0.1) is 32.5 Å². The monoisotopic (exact) mass is 377 g/mol. The van der Waals surface area contributed by atoms with Crippen LogP contribution in [-0.2, 0) is 18.9 Å². The molecule has 0 spiro atoms. The van der Waals surface area contributed by atoms with E-state index in [9.17, 15) is 9.59 Å². The Morgan fingerprint density at radius 1 is 1.04 bits per heavy atom. The Kier molecular flexibility index (Phi) is 5.42. The molecule has 9 nitrogen and oxygen atoms in total. The van der Waals surface area contributed by atoms with E-state index < -0.39 is 12.2 Å². The van der Waals surface area contributed by atoms with E-state index in [1.165, 1.54) is 0 Å². The standard InChI is InChI=1S/C18H23N3O6/c22-17(21-6-8-24-9-7-21)20-13-10-25-16-14(11-26-15(13)16)27-18(23)19-12-4-2-1-3-5-12/h1-5,13-16H,6-11H2,(H,19,23)(H,20,22). The van der Waals surface area contributed by atoms with Crippen LogP contribution < -0.4 is 10.6 Å². The fourth-order valence-electron chi connectivity index (χ4n) is 3.51. The van der Waals surface area contributed by atoms with Crippen LogP contribution in [0, 0.1) is 0 Å². The first-order valence-corrected chi connectivity index (χ1v) is 9.10. The molecule has 4 rings (SSSR count). The van der Waals surface area contributed by atoms with E-state index in [-0.39, 0.29) is 30.9 Å². The third kappa shape index (κ3) is 4.15. The molecule has 1 aromatic rings. The number of urea groups is 1. The van der Waals surface area contributed by atoms with Crippen LogP contribution in [0.25, 0.3) is 0 Å². The summed E-state index contributed by atoms with van der Waals surface area (Å²) in [5.74, 6) is 0. The van der Waals surface area contributed by atoms with Gasteiger partial charge in [-0.1, -0.05) is 18.2 Å². The molecule has 3 fully saturated rings. The average Bonchev–Trinajstić information content (AvgIpc) is 3.27. The van der Waals surface area contributed by atoms with Gasteiger partial charge in [0.2, 0.25) is 0 Å². The molecule has 0 aliphatic carbocycles. The highest BCUT2D eigenvalue weighted by atomic mass is 16.6. The summed E-state index contributed by atoms with van der Waals surface area (Å²) in [6.07, 6.45) is -1.78. The molecule has 4 unspecified atom stereocenters. The van der Waals surface area contributed by atoms with Gasteiger partial charge in [-0.15, -0.1) is 0 Å². The quantitative estimate of drug-likeness (QED) is 0.809. The number of hydrogen-bond acceptors (Lipinski definition) is 6. The van der Waals surface area contributed by atoms with Crippen molar-refractivity contribution in [2.45, 2.75) is 24.4 Å². The number of morpholine rings is 1.